The van der Waals surface area contributed by atoms with Crippen molar-refractivity contribution in [2.45, 2.75) is 47.6 Å². The Hall–Kier alpha value is -0.110. The van der Waals surface area contributed by atoms with E-state index in [2.05, 4.69) is 21.0 Å². The van der Waals surface area contributed by atoms with E-state index in [1.54, 1.807) is 11.4 Å². The van der Waals surface area contributed by atoms with Crippen LogP contribution >= 0.6 is 27.5 Å². The predicted octanol–water partition coefficient (Wildman–Crippen LogP) is 2.15. The maximum absolute atomic E-state index is 12.8. The van der Waals surface area contributed by atoms with Crippen molar-refractivity contribution in [2.75, 3.05) is 0 Å². The lowest BCUT2D eigenvalue weighted by atomic mass is 10.1. The summed E-state index contributed by atoms with van der Waals surface area (Å²) in [5.41, 5.74) is 0. The summed E-state index contributed by atoms with van der Waals surface area (Å²) in [6.07, 6.45) is 4.98. The number of alkyl halides is 1. The standard InChI is InChI=1S/C11H15BrClN3O2S/c1-15-11(10(13)6-14-15)19(17,18)16-8-2-3-9(16)5-7(12)4-8/h6-9H,2-5H2,1H3. The number of sulfonamides is 1. The second kappa shape index (κ2) is 4.72. The first-order valence-corrected chi connectivity index (χ1v) is 8.99. The first-order chi connectivity index (χ1) is 8.91. The number of aromatic nitrogens is 2. The topological polar surface area (TPSA) is 55.2 Å². The fourth-order valence-electron chi connectivity index (χ4n) is 3.25. The third-order valence-corrected chi connectivity index (χ3v) is 7.23. The summed E-state index contributed by atoms with van der Waals surface area (Å²) >= 11 is 9.61. The van der Waals surface area contributed by atoms with Gasteiger partial charge in [0.05, 0.1) is 11.2 Å². The maximum atomic E-state index is 12.8. The highest BCUT2D eigenvalue weighted by Crippen LogP contribution is 2.42. The molecule has 0 aromatic carbocycles. The average Bonchev–Trinajstić information content (AvgIpc) is 2.79. The molecule has 2 aliphatic rings. The van der Waals surface area contributed by atoms with Gasteiger partial charge in [-0.15, -0.1) is 0 Å². The number of aryl methyl sites for hydroxylation is 1. The molecule has 5 nitrogen and oxygen atoms in total. The van der Waals surface area contributed by atoms with Crippen LogP contribution in [0.1, 0.15) is 25.7 Å². The van der Waals surface area contributed by atoms with Gasteiger partial charge in [0.1, 0.15) is 0 Å². The minimum absolute atomic E-state index is 0.0825. The zero-order chi connectivity index (χ0) is 13.8. The molecule has 0 radical (unpaired) electrons. The molecule has 3 heterocycles. The van der Waals surface area contributed by atoms with Gasteiger partial charge in [-0.25, -0.2) is 8.42 Å². The molecule has 0 aliphatic carbocycles. The minimum Gasteiger partial charge on any atom is -0.255 e. The van der Waals surface area contributed by atoms with Crippen LogP contribution in [0.5, 0.6) is 0 Å². The second-order valence-corrected chi connectivity index (χ2v) is 8.67. The number of hydrogen-bond donors (Lipinski definition) is 0. The van der Waals surface area contributed by atoms with Gasteiger partial charge in [-0.1, -0.05) is 27.5 Å². The Morgan fingerprint density at radius 3 is 2.42 bits per heavy atom. The molecular formula is C11H15BrClN3O2S. The third-order valence-electron chi connectivity index (χ3n) is 3.97. The van der Waals surface area contributed by atoms with Gasteiger partial charge in [0.2, 0.25) is 0 Å². The Morgan fingerprint density at radius 1 is 1.37 bits per heavy atom. The SMILES string of the molecule is Cn1ncc(Cl)c1S(=O)(=O)N1C2CCC1CC(Br)C2. The molecule has 0 amide bonds. The first kappa shape index (κ1) is 13.9. The Kier molecular flexibility index (Phi) is 3.44. The monoisotopic (exact) mass is 367 g/mol. The number of fused-ring (bicyclic) bond motifs is 2. The summed E-state index contributed by atoms with van der Waals surface area (Å²) < 4.78 is 28.7. The van der Waals surface area contributed by atoms with E-state index >= 15 is 0 Å². The maximum Gasteiger partial charge on any atom is 0.262 e. The van der Waals surface area contributed by atoms with Crippen molar-refractivity contribution in [1.82, 2.24) is 14.1 Å². The van der Waals surface area contributed by atoms with Crippen LogP contribution in [0.15, 0.2) is 11.2 Å². The largest absolute Gasteiger partial charge is 0.262 e. The van der Waals surface area contributed by atoms with Gasteiger partial charge in [0.15, 0.2) is 5.03 Å². The zero-order valence-electron chi connectivity index (χ0n) is 10.5. The highest BCUT2D eigenvalue weighted by atomic mass is 79.9. The van der Waals surface area contributed by atoms with Crippen LogP contribution in [-0.4, -0.2) is 39.4 Å². The summed E-state index contributed by atoms with van der Waals surface area (Å²) in [6, 6.07) is 0.165. The molecule has 106 valence electrons. The predicted molar refractivity (Wildman–Crippen MR) is 76.0 cm³/mol. The Balaban J connectivity index is 2.03. The molecule has 0 N–H and O–H groups in total. The van der Waals surface area contributed by atoms with E-state index in [1.807, 2.05) is 0 Å². The third kappa shape index (κ3) is 2.14. The summed E-state index contributed by atoms with van der Waals surface area (Å²) in [4.78, 5) is 0.415. The first-order valence-electron chi connectivity index (χ1n) is 6.26. The van der Waals surface area contributed by atoms with E-state index in [0.29, 0.717) is 4.83 Å². The van der Waals surface area contributed by atoms with E-state index in [0.717, 1.165) is 25.7 Å². The molecule has 1 aromatic heterocycles. The molecule has 1 aromatic rings. The van der Waals surface area contributed by atoms with E-state index in [-0.39, 0.29) is 22.1 Å². The van der Waals surface area contributed by atoms with Gasteiger partial charge in [0.25, 0.3) is 10.0 Å². The van der Waals surface area contributed by atoms with Crippen molar-refractivity contribution < 1.29 is 8.42 Å². The van der Waals surface area contributed by atoms with Crippen LogP contribution in [0.25, 0.3) is 0 Å². The normalized spacial score (nSPS) is 31.8. The van der Waals surface area contributed by atoms with Crippen LogP contribution in [0.4, 0.5) is 0 Å². The van der Waals surface area contributed by atoms with Crippen LogP contribution in [-0.2, 0) is 17.1 Å². The fourth-order valence-corrected chi connectivity index (χ4v) is 6.62. The molecule has 3 rings (SSSR count). The van der Waals surface area contributed by atoms with E-state index in [9.17, 15) is 8.42 Å². The molecule has 2 atom stereocenters. The number of piperidine rings is 1. The number of halogens is 2. The lowest BCUT2D eigenvalue weighted by Crippen LogP contribution is -2.47. The number of nitrogens with zero attached hydrogens (tertiary/aromatic N) is 3. The van der Waals surface area contributed by atoms with Gasteiger partial charge in [-0.3, -0.25) is 4.68 Å². The molecule has 19 heavy (non-hydrogen) atoms. The molecule has 2 bridgehead atoms. The lowest BCUT2D eigenvalue weighted by Gasteiger charge is -2.35. The van der Waals surface area contributed by atoms with Crippen LogP contribution in [0.2, 0.25) is 5.02 Å². The molecule has 0 saturated carbocycles. The molecule has 0 spiro atoms. The van der Waals surface area contributed by atoms with Gasteiger partial charge >= 0.3 is 0 Å². The van der Waals surface area contributed by atoms with Gasteiger partial charge in [-0.05, 0) is 25.7 Å². The molecule has 8 heteroatoms. The van der Waals surface area contributed by atoms with Crippen LogP contribution < -0.4 is 0 Å². The summed E-state index contributed by atoms with van der Waals surface area (Å²) in [5.74, 6) is 0. The molecule has 2 unspecified atom stereocenters. The summed E-state index contributed by atoms with van der Waals surface area (Å²) in [7, 11) is -1.95. The van der Waals surface area contributed by atoms with E-state index in [1.165, 1.54) is 10.9 Å². The quantitative estimate of drug-likeness (QED) is 0.752. The Labute approximate surface area is 126 Å². The van der Waals surface area contributed by atoms with Crippen molar-refractivity contribution in [3.63, 3.8) is 0 Å². The van der Waals surface area contributed by atoms with Gasteiger partial charge < -0.3 is 0 Å². The van der Waals surface area contributed by atoms with Gasteiger partial charge in [0, 0.05) is 24.0 Å². The van der Waals surface area contributed by atoms with Crippen molar-refractivity contribution >= 4 is 37.6 Å². The van der Waals surface area contributed by atoms with Crippen molar-refractivity contribution in [1.29, 1.82) is 0 Å². The molecule has 2 aliphatic heterocycles. The lowest BCUT2D eigenvalue weighted by molar-refractivity contribution is 0.253. The Morgan fingerprint density at radius 2 is 1.95 bits per heavy atom. The van der Waals surface area contributed by atoms with E-state index in [4.69, 9.17) is 11.6 Å². The molecule has 2 fully saturated rings. The fraction of sp³-hybridized carbons (Fsp3) is 0.727. The zero-order valence-corrected chi connectivity index (χ0v) is 13.6. The smallest absolute Gasteiger partial charge is 0.255 e. The van der Waals surface area contributed by atoms with Crippen LogP contribution in [0.3, 0.4) is 0 Å². The highest BCUT2D eigenvalue weighted by Gasteiger charge is 2.48. The van der Waals surface area contributed by atoms with Crippen molar-refractivity contribution in [2.24, 2.45) is 7.05 Å². The van der Waals surface area contributed by atoms with Crippen molar-refractivity contribution in [3.8, 4) is 0 Å². The van der Waals surface area contributed by atoms with Crippen molar-refractivity contribution in [3.05, 3.63) is 11.2 Å². The molecule has 2 saturated heterocycles. The Bertz CT molecular complexity index is 570. The van der Waals surface area contributed by atoms with E-state index < -0.39 is 10.0 Å². The second-order valence-electron chi connectivity index (χ2n) is 5.21. The minimum atomic E-state index is -3.56. The summed E-state index contributed by atoms with van der Waals surface area (Å²) in [5, 5.41) is 4.24. The average molecular weight is 369 g/mol. The number of rotatable bonds is 2. The summed E-state index contributed by atoms with van der Waals surface area (Å²) in [6.45, 7) is 0. The van der Waals surface area contributed by atoms with Gasteiger partial charge in [-0.2, -0.15) is 9.40 Å². The van der Waals surface area contributed by atoms with Crippen LogP contribution in [0, 0.1) is 0 Å². The highest BCUT2D eigenvalue weighted by molar-refractivity contribution is 9.09. The number of hydrogen-bond acceptors (Lipinski definition) is 3. The molecular weight excluding hydrogens is 354 g/mol.